The van der Waals surface area contributed by atoms with Crippen LogP contribution in [0.1, 0.15) is 18.4 Å². The van der Waals surface area contributed by atoms with Crippen LogP contribution in [0.3, 0.4) is 0 Å². The highest BCUT2D eigenvalue weighted by Crippen LogP contribution is 2.41. The molecule has 5 nitrogen and oxygen atoms in total. The van der Waals surface area contributed by atoms with Gasteiger partial charge in [-0.1, -0.05) is 152 Å². The number of benzene rings is 9. The number of nitrogens with zero attached hydrogens (tertiary/aromatic N) is 3. The largest absolute Gasteiger partial charge is 0.456 e. The third-order valence-corrected chi connectivity index (χ3v) is 12.8. The molecular weight excluding hydrogens is 783 g/mol. The standard InChI is InChI=1S/C59H37N3O2/c1-2-10-36(11-3-1)38-20-22-39(23-21-38)42-30-31-52-50(35-42)55-47(15-8-18-53(55)64-52)43-27-24-40-26-29-45(34-46(40)33-43)58-60-57(44-28-25-37-12-4-5-13-41(37)32-44)61-59(62-58)49-16-9-19-54-56(49)48-14-6-7-17-51(48)63-54/h1-2,4-10,12-35H,3,11H2. The second-order valence-corrected chi connectivity index (χ2v) is 16.6. The molecule has 0 N–H and O–H groups in total. The lowest BCUT2D eigenvalue weighted by Crippen LogP contribution is -2.00. The summed E-state index contributed by atoms with van der Waals surface area (Å²) in [5.41, 5.74) is 13.3. The maximum absolute atomic E-state index is 6.49. The van der Waals surface area contributed by atoms with Crippen LogP contribution < -0.4 is 0 Å². The van der Waals surface area contributed by atoms with Crippen LogP contribution >= 0.6 is 0 Å². The molecule has 1 aliphatic carbocycles. The van der Waals surface area contributed by atoms with Gasteiger partial charge in [0.2, 0.25) is 0 Å². The Kier molecular flexibility index (Phi) is 8.28. The third-order valence-electron chi connectivity index (χ3n) is 12.8. The van der Waals surface area contributed by atoms with Crippen LogP contribution in [0.15, 0.2) is 209 Å². The quantitative estimate of drug-likeness (QED) is 0.167. The van der Waals surface area contributed by atoms with E-state index in [0.29, 0.717) is 17.5 Å². The number of para-hydroxylation sites is 1. The number of allylic oxidation sites excluding steroid dienone is 4. The normalized spacial score (nSPS) is 12.9. The number of furan rings is 2. The molecule has 0 saturated carbocycles. The Hall–Kier alpha value is -8.41. The number of hydrogen-bond acceptors (Lipinski definition) is 5. The van der Waals surface area contributed by atoms with Crippen LogP contribution in [-0.2, 0) is 0 Å². The van der Waals surface area contributed by atoms with Crippen molar-refractivity contribution in [3.63, 3.8) is 0 Å². The number of hydrogen-bond donors (Lipinski definition) is 0. The fourth-order valence-corrected chi connectivity index (χ4v) is 9.56. The molecule has 1 aliphatic rings. The van der Waals surface area contributed by atoms with Crippen molar-refractivity contribution in [1.82, 2.24) is 15.0 Å². The van der Waals surface area contributed by atoms with Gasteiger partial charge in [-0.05, 0) is 116 Å². The van der Waals surface area contributed by atoms with Crippen LogP contribution in [0.4, 0.5) is 0 Å². The van der Waals surface area contributed by atoms with Gasteiger partial charge in [0.05, 0.1) is 0 Å². The summed E-state index contributed by atoms with van der Waals surface area (Å²) >= 11 is 0. The Labute approximate surface area is 368 Å². The molecule has 0 fully saturated rings. The van der Waals surface area contributed by atoms with E-state index >= 15 is 0 Å². The summed E-state index contributed by atoms with van der Waals surface area (Å²) in [6, 6.07) is 64.0. The monoisotopic (exact) mass is 819 g/mol. The Morgan fingerprint density at radius 2 is 0.922 bits per heavy atom. The average molecular weight is 820 g/mol. The Bertz CT molecular complexity index is 3910. The second-order valence-electron chi connectivity index (χ2n) is 16.6. The lowest BCUT2D eigenvalue weighted by Gasteiger charge is -2.11. The number of rotatable bonds is 6. The average Bonchev–Trinajstić information content (AvgIpc) is 3.94. The first-order chi connectivity index (χ1) is 31.7. The summed E-state index contributed by atoms with van der Waals surface area (Å²) in [6.45, 7) is 0. The molecule has 3 aromatic heterocycles. The van der Waals surface area contributed by atoms with Crippen LogP contribution in [0.2, 0.25) is 0 Å². The van der Waals surface area contributed by atoms with E-state index < -0.39 is 0 Å². The van der Waals surface area contributed by atoms with Crippen molar-refractivity contribution in [2.24, 2.45) is 0 Å². The van der Waals surface area contributed by atoms with Gasteiger partial charge in [0.25, 0.3) is 0 Å². The molecule has 0 bridgehead atoms. The van der Waals surface area contributed by atoms with Gasteiger partial charge in [0.15, 0.2) is 17.5 Å². The fraction of sp³-hybridized carbons (Fsp3) is 0.0339. The molecule has 0 saturated heterocycles. The smallest absolute Gasteiger partial charge is 0.164 e. The molecule has 0 atom stereocenters. The fourth-order valence-electron chi connectivity index (χ4n) is 9.56. The van der Waals surface area contributed by atoms with E-state index in [2.05, 4.69) is 170 Å². The molecule has 3 heterocycles. The molecule has 0 unspecified atom stereocenters. The number of aromatic nitrogens is 3. The van der Waals surface area contributed by atoms with Crippen molar-refractivity contribution in [2.45, 2.75) is 12.8 Å². The SMILES string of the molecule is C1=CCCC(c2ccc(-c3ccc4oc5cccc(-c6ccc7ccc(-c8nc(-c9ccc%10ccccc%10c9)nc(-c9cccc%10oc%11ccccc%11c9%10)n8)cc7c6)c5c4c3)cc2)=C1. The van der Waals surface area contributed by atoms with Crippen molar-refractivity contribution < 1.29 is 8.83 Å². The summed E-state index contributed by atoms with van der Waals surface area (Å²) in [5.74, 6) is 1.80. The van der Waals surface area contributed by atoms with Crippen molar-refractivity contribution in [1.29, 1.82) is 0 Å². The molecule has 0 aliphatic heterocycles. The minimum atomic E-state index is 0.590. The first kappa shape index (κ1) is 36.3. The van der Waals surface area contributed by atoms with E-state index in [4.69, 9.17) is 23.8 Å². The first-order valence-corrected chi connectivity index (χ1v) is 21.8. The maximum Gasteiger partial charge on any atom is 0.164 e. The van der Waals surface area contributed by atoms with Crippen LogP contribution in [-0.4, -0.2) is 15.0 Å². The van der Waals surface area contributed by atoms with Gasteiger partial charge in [-0.3, -0.25) is 0 Å². The Balaban J connectivity index is 0.935. The highest BCUT2D eigenvalue weighted by molar-refractivity contribution is 6.14. The Morgan fingerprint density at radius 1 is 0.359 bits per heavy atom. The molecule has 13 rings (SSSR count). The molecule has 12 aromatic rings. The number of fused-ring (bicyclic) bond motifs is 8. The summed E-state index contributed by atoms with van der Waals surface area (Å²) in [7, 11) is 0. The molecule has 300 valence electrons. The van der Waals surface area contributed by atoms with E-state index in [-0.39, 0.29) is 0 Å². The van der Waals surface area contributed by atoms with E-state index in [1.54, 1.807) is 0 Å². The van der Waals surface area contributed by atoms with Gasteiger partial charge in [-0.2, -0.15) is 0 Å². The maximum atomic E-state index is 6.49. The molecule has 0 spiro atoms. The predicted octanol–water partition coefficient (Wildman–Crippen LogP) is 16.0. The summed E-state index contributed by atoms with van der Waals surface area (Å²) in [4.78, 5) is 15.6. The van der Waals surface area contributed by atoms with Crippen LogP contribution in [0.25, 0.3) is 127 Å². The molecule has 9 aromatic carbocycles. The summed E-state index contributed by atoms with van der Waals surface area (Å²) in [6.07, 6.45) is 8.79. The van der Waals surface area contributed by atoms with E-state index in [9.17, 15) is 0 Å². The zero-order chi connectivity index (χ0) is 42.1. The molecular formula is C59H37N3O2. The molecule has 64 heavy (non-hydrogen) atoms. The zero-order valence-corrected chi connectivity index (χ0v) is 34.6. The van der Waals surface area contributed by atoms with E-state index in [1.165, 1.54) is 16.7 Å². The molecule has 0 amide bonds. The molecule has 5 heteroatoms. The van der Waals surface area contributed by atoms with Crippen molar-refractivity contribution in [2.75, 3.05) is 0 Å². The Morgan fingerprint density at radius 3 is 1.69 bits per heavy atom. The summed E-state index contributed by atoms with van der Waals surface area (Å²) in [5, 5.41) is 8.71. The lowest BCUT2D eigenvalue weighted by molar-refractivity contribution is 0.668. The first-order valence-electron chi connectivity index (χ1n) is 21.8. The lowest BCUT2D eigenvalue weighted by atomic mass is 9.94. The van der Waals surface area contributed by atoms with E-state index in [0.717, 1.165) is 112 Å². The van der Waals surface area contributed by atoms with Crippen molar-refractivity contribution in [3.05, 3.63) is 206 Å². The van der Waals surface area contributed by atoms with Gasteiger partial charge >= 0.3 is 0 Å². The summed E-state index contributed by atoms with van der Waals surface area (Å²) < 4.78 is 12.8. The third kappa shape index (κ3) is 6.12. The van der Waals surface area contributed by atoms with Gasteiger partial charge in [-0.15, -0.1) is 0 Å². The van der Waals surface area contributed by atoms with Crippen LogP contribution in [0.5, 0.6) is 0 Å². The minimum absolute atomic E-state index is 0.590. The zero-order valence-electron chi connectivity index (χ0n) is 34.6. The highest BCUT2D eigenvalue weighted by atomic mass is 16.3. The van der Waals surface area contributed by atoms with Gasteiger partial charge < -0.3 is 8.83 Å². The minimum Gasteiger partial charge on any atom is -0.456 e. The van der Waals surface area contributed by atoms with Gasteiger partial charge in [-0.25, -0.2) is 15.0 Å². The molecule has 0 radical (unpaired) electrons. The van der Waals surface area contributed by atoms with Crippen LogP contribution in [0, 0.1) is 0 Å². The predicted molar refractivity (Wildman–Crippen MR) is 263 cm³/mol. The van der Waals surface area contributed by atoms with Gasteiger partial charge in [0.1, 0.15) is 22.3 Å². The second kappa shape index (κ2) is 14.6. The topological polar surface area (TPSA) is 65.0 Å². The van der Waals surface area contributed by atoms with E-state index in [1.807, 2.05) is 30.3 Å². The van der Waals surface area contributed by atoms with Gasteiger partial charge in [0, 0.05) is 38.2 Å². The van der Waals surface area contributed by atoms with Crippen molar-refractivity contribution >= 4 is 71.0 Å². The van der Waals surface area contributed by atoms with Crippen molar-refractivity contribution in [3.8, 4) is 56.4 Å². The highest BCUT2D eigenvalue weighted by Gasteiger charge is 2.19.